The number of pyridine rings is 1. The molecule has 1 aliphatic heterocycles. The first-order valence-corrected chi connectivity index (χ1v) is 9.59. The van der Waals surface area contributed by atoms with Crippen molar-refractivity contribution in [3.8, 4) is 6.07 Å². The maximum absolute atomic E-state index is 12.6. The first kappa shape index (κ1) is 23.8. The molecule has 1 saturated heterocycles. The molecular weight excluding hydrogens is 416 g/mol. The van der Waals surface area contributed by atoms with Crippen molar-refractivity contribution in [2.45, 2.75) is 18.3 Å². The van der Waals surface area contributed by atoms with Gasteiger partial charge in [0.05, 0.1) is 22.9 Å². The first-order chi connectivity index (χ1) is 14.6. The van der Waals surface area contributed by atoms with E-state index >= 15 is 0 Å². The Labute approximate surface area is 187 Å². The zero-order valence-corrected chi connectivity index (χ0v) is 17.6. The van der Waals surface area contributed by atoms with Crippen LogP contribution in [0.15, 0.2) is 60.7 Å². The first-order valence-electron chi connectivity index (χ1n) is 9.59. The molecule has 2 aromatic rings. The minimum atomic E-state index is -0.651. The number of carbonyl (C=O) groups excluding carboxylic acids is 2. The van der Waals surface area contributed by atoms with Crippen LogP contribution in [0, 0.1) is 11.3 Å². The van der Waals surface area contributed by atoms with E-state index < -0.39 is 11.3 Å². The molecule has 1 aromatic carbocycles. The smallest absolute Gasteiger partial charge is 0.267 e. The summed E-state index contributed by atoms with van der Waals surface area (Å²) in [5.41, 5.74) is 3.05. The third kappa shape index (κ3) is 6.01. The number of carbonyl (C=O) groups is 2. The molecule has 1 aromatic heterocycles. The van der Waals surface area contributed by atoms with Gasteiger partial charge in [0.15, 0.2) is 0 Å². The molecule has 2 heterocycles. The van der Waals surface area contributed by atoms with Crippen LogP contribution in [-0.4, -0.2) is 40.0 Å². The molecule has 31 heavy (non-hydrogen) atoms. The van der Waals surface area contributed by atoms with Gasteiger partial charge in [0.25, 0.3) is 5.91 Å². The Hall–Kier alpha value is -3.47. The van der Waals surface area contributed by atoms with Crippen LogP contribution in [-0.2, 0) is 15.0 Å². The Morgan fingerprint density at radius 3 is 2.23 bits per heavy atom. The summed E-state index contributed by atoms with van der Waals surface area (Å²) in [6.45, 7) is 1.02. The number of likely N-dealkylation sites (tertiary alicyclic amines) is 1. The number of aromatic nitrogens is 1. The van der Waals surface area contributed by atoms with E-state index in [2.05, 4.69) is 11.1 Å². The van der Waals surface area contributed by atoms with Crippen molar-refractivity contribution in [3.63, 3.8) is 0 Å². The summed E-state index contributed by atoms with van der Waals surface area (Å²) in [6, 6.07) is 17.4. The minimum Gasteiger partial charge on any atom is -0.339 e. The maximum Gasteiger partial charge on any atom is 0.267 e. The number of hydroxylamine groups is 1. The van der Waals surface area contributed by atoms with Gasteiger partial charge in [-0.25, -0.2) is 10.5 Å². The van der Waals surface area contributed by atoms with Crippen LogP contribution in [0.2, 0.25) is 0 Å². The molecule has 3 rings (SSSR count). The fourth-order valence-electron chi connectivity index (χ4n) is 3.45. The number of halogens is 1. The van der Waals surface area contributed by atoms with Gasteiger partial charge in [-0.05, 0) is 42.7 Å². The van der Waals surface area contributed by atoms with Gasteiger partial charge in [-0.15, -0.1) is 12.4 Å². The molecule has 7 nitrogen and oxygen atoms in total. The fourth-order valence-corrected chi connectivity index (χ4v) is 3.45. The monoisotopic (exact) mass is 438 g/mol. The van der Waals surface area contributed by atoms with E-state index in [4.69, 9.17) is 5.21 Å². The Kier molecular flexibility index (Phi) is 8.50. The summed E-state index contributed by atoms with van der Waals surface area (Å²) in [6.07, 6.45) is 6.90. The van der Waals surface area contributed by atoms with Gasteiger partial charge in [-0.1, -0.05) is 36.4 Å². The van der Waals surface area contributed by atoms with Crippen LogP contribution in [0.5, 0.6) is 0 Å². The van der Waals surface area contributed by atoms with Gasteiger partial charge in [-0.2, -0.15) is 5.26 Å². The fraction of sp³-hybridized carbons (Fsp3) is 0.217. The number of nitriles is 1. The standard InChI is InChI=1S/C23H22N4O3.ClH/c24-17-23(18-5-2-1-3-6-18)13-15-27(16-14-23)22(29)12-10-20-8-4-7-19(25-20)9-11-21(28)26-30;/h1-12,30H,13-16H2,(H,26,28);1H/b11-9+,12-10+;. The van der Waals surface area contributed by atoms with Gasteiger partial charge in [-0.3, -0.25) is 14.8 Å². The lowest BCUT2D eigenvalue weighted by Crippen LogP contribution is -2.44. The zero-order valence-electron chi connectivity index (χ0n) is 16.8. The van der Waals surface area contributed by atoms with Crippen molar-refractivity contribution in [3.05, 3.63) is 77.6 Å². The largest absolute Gasteiger partial charge is 0.339 e. The Bertz CT molecular complexity index is 1010. The van der Waals surface area contributed by atoms with Crippen LogP contribution >= 0.6 is 12.4 Å². The average molecular weight is 439 g/mol. The van der Waals surface area contributed by atoms with Crippen molar-refractivity contribution < 1.29 is 14.8 Å². The molecule has 2 N–H and O–H groups in total. The normalized spacial score (nSPS) is 15.3. The summed E-state index contributed by atoms with van der Waals surface area (Å²) >= 11 is 0. The minimum absolute atomic E-state index is 0. The van der Waals surface area contributed by atoms with E-state index in [1.165, 1.54) is 17.6 Å². The van der Waals surface area contributed by atoms with E-state index in [-0.39, 0.29) is 18.3 Å². The van der Waals surface area contributed by atoms with Crippen molar-refractivity contribution in [1.29, 1.82) is 5.26 Å². The van der Waals surface area contributed by atoms with Crippen LogP contribution in [0.3, 0.4) is 0 Å². The maximum atomic E-state index is 12.6. The van der Waals surface area contributed by atoms with E-state index in [0.717, 1.165) is 11.6 Å². The van der Waals surface area contributed by atoms with Gasteiger partial charge >= 0.3 is 0 Å². The molecule has 0 radical (unpaired) electrons. The molecular formula is C23H23ClN4O3. The summed E-state index contributed by atoms with van der Waals surface area (Å²) < 4.78 is 0. The second-order valence-corrected chi connectivity index (χ2v) is 7.02. The summed E-state index contributed by atoms with van der Waals surface area (Å²) in [7, 11) is 0. The number of benzene rings is 1. The van der Waals surface area contributed by atoms with E-state index in [1.807, 2.05) is 30.3 Å². The lowest BCUT2D eigenvalue weighted by atomic mass is 9.74. The number of hydrogen-bond donors (Lipinski definition) is 2. The molecule has 0 spiro atoms. The predicted octanol–water partition coefficient (Wildman–Crippen LogP) is 3.12. The van der Waals surface area contributed by atoms with Crippen molar-refractivity contribution in [2.24, 2.45) is 0 Å². The van der Waals surface area contributed by atoms with Gasteiger partial charge in [0.2, 0.25) is 5.91 Å². The Morgan fingerprint density at radius 2 is 1.65 bits per heavy atom. The Morgan fingerprint density at radius 1 is 1.03 bits per heavy atom. The third-order valence-electron chi connectivity index (χ3n) is 5.17. The average Bonchev–Trinajstić information content (AvgIpc) is 2.81. The highest BCUT2D eigenvalue weighted by Gasteiger charge is 2.37. The second-order valence-electron chi connectivity index (χ2n) is 7.02. The molecule has 0 unspecified atom stereocenters. The van der Waals surface area contributed by atoms with Gasteiger partial charge in [0, 0.05) is 25.2 Å². The number of nitrogens with one attached hydrogen (secondary N) is 1. The molecule has 0 saturated carbocycles. The predicted molar refractivity (Wildman–Crippen MR) is 119 cm³/mol. The number of hydrogen-bond acceptors (Lipinski definition) is 5. The molecule has 8 heteroatoms. The topological polar surface area (TPSA) is 106 Å². The van der Waals surface area contributed by atoms with Gasteiger partial charge in [0.1, 0.15) is 0 Å². The van der Waals surface area contributed by atoms with Crippen LogP contribution in [0.1, 0.15) is 29.8 Å². The molecule has 1 aliphatic rings. The summed E-state index contributed by atoms with van der Waals surface area (Å²) in [5.74, 6) is -0.779. The van der Waals surface area contributed by atoms with Crippen LogP contribution in [0.4, 0.5) is 0 Å². The lowest BCUT2D eigenvalue weighted by molar-refractivity contribution is -0.127. The highest BCUT2D eigenvalue weighted by Crippen LogP contribution is 2.34. The highest BCUT2D eigenvalue weighted by atomic mass is 35.5. The van der Waals surface area contributed by atoms with Crippen molar-refractivity contribution in [2.75, 3.05) is 13.1 Å². The number of nitrogens with zero attached hydrogens (tertiary/aromatic N) is 3. The number of rotatable bonds is 5. The van der Waals surface area contributed by atoms with Crippen molar-refractivity contribution in [1.82, 2.24) is 15.4 Å². The number of piperidine rings is 1. The van der Waals surface area contributed by atoms with Gasteiger partial charge < -0.3 is 4.90 Å². The van der Waals surface area contributed by atoms with E-state index in [0.29, 0.717) is 37.3 Å². The molecule has 1 fully saturated rings. The van der Waals surface area contributed by atoms with Crippen molar-refractivity contribution >= 4 is 36.4 Å². The molecule has 160 valence electrons. The Balaban J connectivity index is 0.00000341. The van der Waals surface area contributed by atoms with Crippen LogP contribution in [0.25, 0.3) is 12.2 Å². The summed E-state index contributed by atoms with van der Waals surface area (Å²) in [5, 5.41) is 18.3. The summed E-state index contributed by atoms with van der Waals surface area (Å²) in [4.78, 5) is 29.7. The highest BCUT2D eigenvalue weighted by molar-refractivity contribution is 5.92. The second kappa shape index (κ2) is 11.1. The van der Waals surface area contributed by atoms with E-state index in [1.54, 1.807) is 29.2 Å². The van der Waals surface area contributed by atoms with Crippen LogP contribution < -0.4 is 5.48 Å². The SMILES string of the molecule is Cl.N#CC1(c2ccccc2)CCN(C(=O)/C=C/c2cccc(/C=C/C(=O)NO)n2)CC1. The quantitative estimate of drug-likeness (QED) is 0.423. The zero-order chi connectivity index (χ0) is 21.4. The lowest BCUT2D eigenvalue weighted by Gasteiger charge is -2.37. The third-order valence-corrected chi connectivity index (χ3v) is 5.17. The van der Waals surface area contributed by atoms with E-state index in [9.17, 15) is 14.9 Å². The molecule has 0 bridgehead atoms. The number of amides is 2. The molecule has 2 amide bonds. The molecule has 0 atom stereocenters. The molecule has 0 aliphatic carbocycles.